The van der Waals surface area contributed by atoms with E-state index in [-0.39, 0.29) is 17.3 Å². The van der Waals surface area contributed by atoms with Gasteiger partial charge in [0, 0.05) is 17.3 Å². The number of benzene rings is 2. The molecule has 0 atom stereocenters. The number of hydrogen-bond acceptors (Lipinski definition) is 7. The summed E-state index contributed by atoms with van der Waals surface area (Å²) >= 11 is 6.03. The molecule has 0 amide bonds. The average molecular weight is 400 g/mol. The van der Waals surface area contributed by atoms with Gasteiger partial charge in [0.05, 0.1) is 12.0 Å². The summed E-state index contributed by atoms with van der Waals surface area (Å²) in [4.78, 5) is 19.2. The normalized spacial score (nSPS) is 10.4. The molecule has 1 heterocycles. The van der Waals surface area contributed by atoms with Crippen LogP contribution in [-0.4, -0.2) is 22.0 Å². The summed E-state index contributed by atoms with van der Waals surface area (Å²) in [6.07, 6.45) is 1.27. The molecule has 1 aromatic heterocycles. The number of nitrogens with one attached hydrogen (secondary N) is 2. The van der Waals surface area contributed by atoms with Gasteiger partial charge in [-0.2, -0.15) is 0 Å². The van der Waals surface area contributed by atoms with Gasteiger partial charge in [-0.05, 0) is 42.3 Å². The first kappa shape index (κ1) is 19.4. The smallest absolute Gasteiger partial charge is 0.353 e. The molecule has 9 heteroatoms. The van der Waals surface area contributed by atoms with Crippen LogP contribution in [0.3, 0.4) is 0 Å². The molecular formula is C19H18ClN5O3. The number of methoxy groups -OCH3 is 1. The number of halogens is 1. The van der Waals surface area contributed by atoms with E-state index in [0.717, 1.165) is 16.9 Å². The molecule has 0 radical (unpaired) electrons. The van der Waals surface area contributed by atoms with Crippen LogP contribution in [0.2, 0.25) is 5.02 Å². The Balaban J connectivity index is 1.86. The SMILES string of the molecule is COc1ccc(CNc2ncnc(Nc3cc(Cl)ccc3C)c2[N+](=O)[O-])cc1. The number of nitrogens with zero attached hydrogens (tertiary/aromatic N) is 3. The van der Waals surface area contributed by atoms with Crippen LogP contribution in [0.1, 0.15) is 11.1 Å². The van der Waals surface area contributed by atoms with E-state index in [2.05, 4.69) is 20.6 Å². The van der Waals surface area contributed by atoms with Crippen molar-refractivity contribution in [2.45, 2.75) is 13.5 Å². The molecule has 0 saturated heterocycles. The van der Waals surface area contributed by atoms with Gasteiger partial charge in [0.25, 0.3) is 0 Å². The van der Waals surface area contributed by atoms with Crippen molar-refractivity contribution in [3.8, 4) is 5.75 Å². The van der Waals surface area contributed by atoms with Crippen LogP contribution in [0.15, 0.2) is 48.8 Å². The van der Waals surface area contributed by atoms with Crippen molar-refractivity contribution in [3.05, 3.63) is 75.1 Å². The highest BCUT2D eigenvalue weighted by molar-refractivity contribution is 6.30. The Hall–Kier alpha value is -3.39. The first-order chi connectivity index (χ1) is 13.5. The van der Waals surface area contributed by atoms with Gasteiger partial charge in [-0.3, -0.25) is 10.1 Å². The third-order valence-electron chi connectivity index (χ3n) is 4.08. The number of anilines is 3. The zero-order valence-corrected chi connectivity index (χ0v) is 16.0. The van der Waals surface area contributed by atoms with E-state index < -0.39 is 4.92 Å². The van der Waals surface area contributed by atoms with Crippen LogP contribution < -0.4 is 15.4 Å². The molecule has 0 bridgehead atoms. The molecule has 0 aliphatic rings. The van der Waals surface area contributed by atoms with E-state index in [1.54, 1.807) is 19.2 Å². The highest BCUT2D eigenvalue weighted by Crippen LogP contribution is 2.33. The van der Waals surface area contributed by atoms with Crippen molar-refractivity contribution < 1.29 is 9.66 Å². The molecule has 0 fully saturated rings. The predicted octanol–water partition coefficient (Wildman–Crippen LogP) is 4.71. The van der Waals surface area contributed by atoms with E-state index in [1.165, 1.54) is 6.33 Å². The Morgan fingerprint density at radius 2 is 1.86 bits per heavy atom. The molecular weight excluding hydrogens is 382 g/mol. The molecule has 28 heavy (non-hydrogen) atoms. The molecule has 0 aliphatic heterocycles. The van der Waals surface area contributed by atoms with Crippen molar-refractivity contribution in [2.24, 2.45) is 0 Å². The van der Waals surface area contributed by atoms with Gasteiger partial charge in [0.15, 0.2) is 0 Å². The third kappa shape index (κ3) is 4.47. The second-order valence-corrected chi connectivity index (χ2v) is 6.40. The maximum atomic E-state index is 11.7. The highest BCUT2D eigenvalue weighted by Gasteiger charge is 2.23. The van der Waals surface area contributed by atoms with Crippen LogP contribution in [0.4, 0.5) is 23.0 Å². The van der Waals surface area contributed by atoms with E-state index in [4.69, 9.17) is 16.3 Å². The third-order valence-corrected chi connectivity index (χ3v) is 4.31. The molecule has 0 spiro atoms. The number of rotatable bonds is 7. The van der Waals surface area contributed by atoms with Gasteiger partial charge in [0.1, 0.15) is 12.1 Å². The van der Waals surface area contributed by atoms with Gasteiger partial charge in [0.2, 0.25) is 11.6 Å². The molecule has 3 rings (SSSR count). The van der Waals surface area contributed by atoms with Gasteiger partial charge in [-0.15, -0.1) is 0 Å². The summed E-state index contributed by atoms with van der Waals surface area (Å²) in [5.74, 6) is 0.945. The minimum atomic E-state index is -0.515. The van der Waals surface area contributed by atoms with Gasteiger partial charge in [-0.1, -0.05) is 29.8 Å². The van der Waals surface area contributed by atoms with E-state index in [1.807, 2.05) is 37.3 Å². The van der Waals surface area contributed by atoms with Crippen molar-refractivity contribution in [3.63, 3.8) is 0 Å². The zero-order valence-electron chi connectivity index (χ0n) is 15.3. The summed E-state index contributed by atoms with van der Waals surface area (Å²) in [6, 6.07) is 12.6. The highest BCUT2D eigenvalue weighted by atomic mass is 35.5. The fourth-order valence-electron chi connectivity index (χ4n) is 2.56. The van der Waals surface area contributed by atoms with Crippen LogP contribution in [-0.2, 0) is 6.54 Å². The van der Waals surface area contributed by atoms with Crippen LogP contribution >= 0.6 is 11.6 Å². The monoisotopic (exact) mass is 399 g/mol. The van der Waals surface area contributed by atoms with Crippen LogP contribution in [0, 0.1) is 17.0 Å². The maximum absolute atomic E-state index is 11.7. The van der Waals surface area contributed by atoms with Gasteiger partial charge >= 0.3 is 5.69 Å². The lowest BCUT2D eigenvalue weighted by molar-refractivity contribution is -0.383. The Kier molecular flexibility index (Phi) is 5.90. The van der Waals surface area contributed by atoms with Crippen LogP contribution in [0.25, 0.3) is 0 Å². The number of ether oxygens (including phenoxy) is 1. The van der Waals surface area contributed by atoms with Crippen molar-refractivity contribution in [1.29, 1.82) is 0 Å². The molecule has 144 valence electrons. The summed E-state index contributed by atoms with van der Waals surface area (Å²) in [5, 5.41) is 18.2. The minimum Gasteiger partial charge on any atom is -0.497 e. The Morgan fingerprint density at radius 3 is 2.54 bits per heavy atom. The van der Waals surface area contributed by atoms with Gasteiger partial charge in [-0.25, -0.2) is 9.97 Å². The molecule has 0 aliphatic carbocycles. The lowest BCUT2D eigenvalue weighted by atomic mass is 10.2. The van der Waals surface area contributed by atoms with Crippen molar-refractivity contribution in [2.75, 3.05) is 17.7 Å². The summed E-state index contributed by atoms with van der Waals surface area (Å²) in [5.41, 5.74) is 2.20. The van der Waals surface area contributed by atoms with Crippen LogP contribution in [0.5, 0.6) is 5.75 Å². The molecule has 0 unspecified atom stereocenters. The first-order valence-corrected chi connectivity index (χ1v) is 8.75. The molecule has 3 aromatic rings. The van der Waals surface area contributed by atoms with Crippen molar-refractivity contribution >= 4 is 34.6 Å². The maximum Gasteiger partial charge on any atom is 0.353 e. The molecule has 0 saturated carbocycles. The summed E-state index contributed by atoms with van der Waals surface area (Å²) in [6.45, 7) is 2.23. The average Bonchev–Trinajstić information content (AvgIpc) is 2.69. The molecule has 2 aromatic carbocycles. The summed E-state index contributed by atoms with van der Waals surface area (Å²) in [7, 11) is 1.59. The summed E-state index contributed by atoms with van der Waals surface area (Å²) < 4.78 is 5.12. The van der Waals surface area contributed by atoms with E-state index in [9.17, 15) is 10.1 Å². The van der Waals surface area contributed by atoms with E-state index >= 15 is 0 Å². The first-order valence-electron chi connectivity index (χ1n) is 8.37. The number of aromatic nitrogens is 2. The fraction of sp³-hybridized carbons (Fsp3) is 0.158. The number of aryl methyl sites for hydroxylation is 1. The predicted molar refractivity (Wildman–Crippen MR) is 108 cm³/mol. The largest absolute Gasteiger partial charge is 0.497 e. The zero-order chi connectivity index (χ0) is 20.1. The van der Waals surface area contributed by atoms with Gasteiger partial charge < -0.3 is 15.4 Å². The van der Waals surface area contributed by atoms with Crippen molar-refractivity contribution in [1.82, 2.24) is 9.97 Å². The molecule has 2 N–H and O–H groups in total. The Labute approximate surface area is 166 Å². The minimum absolute atomic E-state index is 0.0857. The van der Waals surface area contributed by atoms with E-state index in [0.29, 0.717) is 17.3 Å². The Morgan fingerprint density at radius 1 is 1.14 bits per heavy atom. The standard InChI is InChI=1S/C19H18ClN5O3/c1-12-3-6-14(20)9-16(12)24-19-17(25(26)27)18(22-11-23-19)21-10-13-4-7-15(28-2)8-5-13/h3-9,11H,10H2,1-2H3,(H2,21,22,23,24). The molecule has 8 nitrogen and oxygen atoms in total. The lowest BCUT2D eigenvalue weighted by Gasteiger charge is -2.12. The number of hydrogen-bond donors (Lipinski definition) is 2. The fourth-order valence-corrected chi connectivity index (χ4v) is 2.73. The second-order valence-electron chi connectivity index (χ2n) is 5.96. The lowest BCUT2D eigenvalue weighted by Crippen LogP contribution is -2.08. The topological polar surface area (TPSA) is 102 Å². The second kappa shape index (κ2) is 8.53. The quantitative estimate of drug-likeness (QED) is 0.438. The number of nitro groups is 1. The Bertz CT molecular complexity index is 995.